The summed E-state index contributed by atoms with van der Waals surface area (Å²) in [7, 11) is -3.67. The number of hydrogen-bond donors (Lipinski definition) is 1. The Hall–Kier alpha value is -1.60. The SMILES string of the molecule is CC1CCN(S(=O)(=O)c2ccc(Cl)c(C(=O)Nc3ccccc3Cl)c2)CC1. The van der Waals surface area contributed by atoms with Crippen LogP contribution in [0.3, 0.4) is 0 Å². The van der Waals surface area contributed by atoms with E-state index < -0.39 is 15.9 Å². The van der Waals surface area contributed by atoms with Crippen molar-refractivity contribution in [2.75, 3.05) is 18.4 Å². The van der Waals surface area contributed by atoms with Gasteiger partial charge >= 0.3 is 0 Å². The number of halogens is 2. The fourth-order valence-electron chi connectivity index (χ4n) is 2.97. The Morgan fingerprint density at radius 1 is 1.07 bits per heavy atom. The zero-order chi connectivity index (χ0) is 19.6. The second kappa shape index (κ2) is 8.19. The van der Waals surface area contributed by atoms with Crippen LogP contribution in [0.25, 0.3) is 0 Å². The molecule has 0 bridgehead atoms. The third kappa shape index (κ3) is 4.46. The number of carbonyl (C=O) groups is 1. The van der Waals surface area contributed by atoms with Gasteiger partial charge in [-0.3, -0.25) is 4.79 Å². The quantitative estimate of drug-likeness (QED) is 0.772. The van der Waals surface area contributed by atoms with E-state index in [1.807, 2.05) is 0 Å². The first-order chi connectivity index (χ1) is 12.8. The maximum atomic E-state index is 12.9. The van der Waals surface area contributed by atoms with Crippen LogP contribution >= 0.6 is 23.2 Å². The smallest absolute Gasteiger partial charge is 0.257 e. The summed E-state index contributed by atoms with van der Waals surface area (Å²) in [5.41, 5.74) is 0.515. The predicted molar refractivity (Wildman–Crippen MR) is 108 cm³/mol. The molecule has 1 saturated heterocycles. The van der Waals surface area contributed by atoms with Crippen LogP contribution in [0.2, 0.25) is 10.0 Å². The molecule has 0 aliphatic carbocycles. The monoisotopic (exact) mass is 426 g/mol. The average Bonchev–Trinajstić information content (AvgIpc) is 2.64. The molecule has 144 valence electrons. The van der Waals surface area contributed by atoms with Crippen LogP contribution in [0, 0.1) is 5.92 Å². The molecule has 0 unspecified atom stereocenters. The summed E-state index contributed by atoms with van der Waals surface area (Å²) in [5.74, 6) is -0.00366. The summed E-state index contributed by atoms with van der Waals surface area (Å²) in [6.45, 7) is 3.07. The van der Waals surface area contributed by atoms with Gasteiger partial charge in [-0.2, -0.15) is 4.31 Å². The minimum Gasteiger partial charge on any atom is -0.321 e. The number of carbonyl (C=O) groups excluding carboxylic acids is 1. The zero-order valence-electron chi connectivity index (χ0n) is 14.8. The van der Waals surface area contributed by atoms with E-state index in [2.05, 4.69) is 12.2 Å². The maximum Gasteiger partial charge on any atom is 0.257 e. The van der Waals surface area contributed by atoms with Crippen LogP contribution in [0.1, 0.15) is 30.1 Å². The van der Waals surface area contributed by atoms with Crippen molar-refractivity contribution in [3.8, 4) is 0 Å². The van der Waals surface area contributed by atoms with Crippen LogP contribution in [0.15, 0.2) is 47.4 Å². The van der Waals surface area contributed by atoms with Gasteiger partial charge < -0.3 is 5.32 Å². The lowest BCUT2D eigenvalue weighted by molar-refractivity contribution is 0.102. The summed E-state index contributed by atoms with van der Waals surface area (Å²) in [6.07, 6.45) is 1.65. The highest BCUT2D eigenvalue weighted by Crippen LogP contribution is 2.28. The van der Waals surface area contributed by atoms with E-state index in [-0.39, 0.29) is 15.5 Å². The molecule has 1 aliphatic heterocycles. The standard InChI is InChI=1S/C19H20Cl2N2O3S/c1-13-8-10-23(11-9-13)27(25,26)14-6-7-16(20)15(12-14)19(24)22-18-5-3-2-4-17(18)21/h2-7,12-13H,8-11H2,1H3,(H,22,24). The average molecular weight is 427 g/mol. The largest absolute Gasteiger partial charge is 0.321 e. The first kappa shape index (κ1) is 20.1. The Morgan fingerprint density at radius 2 is 1.74 bits per heavy atom. The second-order valence-electron chi connectivity index (χ2n) is 6.66. The third-order valence-electron chi connectivity index (χ3n) is 4.68. The van der Waals surface area contributed by atoms with Crippen molar-refractivity contribution in [3.05, 3.63) is 58.1 Å². The lowest BCUT2D eigenvalue weighted by Crippen LogP contribution is -2.37. The molecule has 3 rings (SSSR count). The van der Waals surface area contributed by atoms with E-state index in [0.29, 0.717) is 29.7 Å². The molecule has 2 aromatic rings. The van der Waals surface area contributed by atoms with E-state index in [1.54, 1.807) is 24.3 Å². The van der Waals surface area contributed by atoms with Crippen LogP contribution in [-0.2, 0) is 10.0 Å². The summed E-state index contributed by atoms with van der Waals surface area (Å²) < 4.78 is 27.3. The van der Waals surface area contributed by atoms with Crippen molar-refractivity contribution in [3.63, 3.8) is 0 Å². The van der Waals surface area contributed by atoms with E-state index in [0.717, 1.165) is 12.8 Å². The van der Waals surface area contributed by atoms with Gasteiger partial charge in [-0.25, -0.2) is 8.42 Å². The van der Waals surface area contributed by atoms with Crippen LogP contribution in [-0.4, -0.2) is 31.7 Å². The Bertz CT molecular complexity index is 955. The molecule has 5 nitrogen and oxygen atoms in total. The van der Waals surface area contributed by atoms with E-state index in [1.165, 1.54) is 22.5 Å². The normalized spacial score (nSPS) is 16.3. The highest BCUT2D eigenvalue weighted by Gasteiger charge is 2.29. The van der Waals surface area contributed by atoms with Crippen molar-refractivity contribution >= 4 is 44.8 Å². The van der Waals surface area contributed by atoms with Gasteiger partial charge in [0.15, 0.2) is 0 Å². The Labute approximate surface area is 169 Å². The third-order valence-corrected chi connectivity index (χ3v) is 7.24. The van der Waals surface area contributed by atoms with Crippen LogP contribution in [0.5, 0.6) is 0 Å². The number of hydrogen-bond acceptors (Lipinski definition) is 3. The molecule has 2 aromatic carbocycles. The molecule has 0 radical (unpaired) electrons. The van der Waals surface area contributed by atoms with Crippen molar-refractivity contribution in [2.24, 2.45) is 5.92 Å². The molecule has 1 fully saturated rings. The van der Waals surface area contributed by atoms with Crippen molar-refractivity contribution in [1.29, 1.82) is 0 Å². The fourth-order valence-corrected chi connectivity index (χ4v) is 4.85. The van der Waals surface area contributed by atoms with Gasteiger partial charge in [0.1, 0.15) is 0 Å². The number of sulfonamides is 1. The first-order valence-corrected chi connectivity index (χ1v) is 10.8. The molecule has 0 saturated carbocycles. The lowest BCUT2D eigenvalue weighted by atomic mass is 10.0. The second-order valence-corrected chi connectivity index (χ2v) is 9.41. The van der Waals surface area contributed by atoms with E-state index in [9.17, 15) is 13.2 Å². The molecule has 8 heteroatoms. The van der Waals surface area contributed by atoms with Crippen molar-refractivity contribution < 1.29 is 13.2 Å². The number of rotatable bonds is 4. The molecule has 27 heavy (non-hydrogen) atoms. The highest BCUT2D eigenvalue weighted by atomic mass is 35.5. The predicted octanol–water partition coefficient (Wildman–Crippen LogP) is 4.67. The molecule has 1 amide bonds. The molecule has 1 heterocycles. The number of piperidine rings is 1. The molecule has 0 atom stereocenters. The number of benzene rings is 2. The van der Waals surface area contributed by atoms with Gasteiger partial charge in [0.05, 0.1) is 26.2 Å². The number of nitrogens with one attached hydrogen (secondary N) is 1. The van der Waals surface area contributed by atoms with Crippen LogP contribution in [0.4, 0.5) is 5.69 Å². The maximum absolute atomic E-state index is 12.9. The minimum atomic E-state index is -3.67. The first-order valence-electron chi connectivity index (χ1n) is 8.64. The van der Waals surface area contributed by atoms with E-state index >= 15 is 0 Å². The topological polar surface area (TPSA) is 66.5 Å². The van der Waals surface area contributed by atoms with Crippen LogP contribution < -0.4 is 5.32 Å². The number of anilines is 1. The summed E-state index contributed by atoms with van der Waals surface area (Å²) in [5, 5.41) is 3.22. The van der Waals surface area contributed by atoms with Gasteiger partial charge in [0, 0.05) is 13.1 Å². The zero-order valence-corrected chi connectivity index (χ0v) is 17.1. The van der Waals surface area contributed by atoms with Gasteiger partial charge in [-0.05, 0) is 49.1 Å². The molecule has 1 aliphatic rings. The summed E-state index contributed by atoms with van der Waals surface area (Å²) in [6, 6.07) is 11.0. The highest BCUT2D eigenvalue weighted by molar-refractivity contribution is 7.89. The lowest BCUT2D eigenvalue weighted by Gasteiger charge is -2.29. The minimum absolute atomic E-state index is 0.0609. The number of para-hydroxylation sites is 1. The van der Waals surface area contributed by atoms with Gasteiger partial charge in [0.2, 0.25) is 10.0 Å². The van der Waals surface area contributed by atoms with Crippen molar-refractivity contribution in [1.82, 2.24) is 4.31 Å². The Morgan fingerprint density at radius 3 is 2.41 bits per heavy atom. The van der Waals surface area contributed by atoms with E-state index in [4.69, 9.17) is 23.2 Å². The van der Waals surface area contributed by atoms with Gasteiger partial charge in [-0.15, -0.1) is 0 Å². The number of nitrogens with zero attached hydrogens (tertiary/aromatic N) is 1. The molecule has 0 aromatic heterocycles. The van der Waals surface area contributed by atoms with Gasteiger partial charge in [0.25, 0.3) is 5.91 Å². The summed E-state index contributed by atoms with van der Waals surface area (Å²) in [4.78, 5) is 12.7. The fraction of sp³-hybridized carbons (Fsp3) is 0.316. The molecule has 1 N–H and O–H groups in total. The Kier molecular flexibility index (Phi) is 6.11. The Balaban J connectivity index is 1.88. The molecular weight excluding hydrogens is 407 g/mol. The number of amides is 1. The molecular formula is C19H20Cl2N2O3S. The summed E-state index contributed by atoms with van der Waals surface area (Å²) >= 11 is 12.2. The van der Waals surface area contributed by atoms with Crippen molar-refractivity contribution in [2.45, 2.75) is 24.7 Å². The van der Waals surface area contributed by atoms with Gasteiger partial charge in [-0.1, -0.05) is 42.3 Å². The molecule has 0 spiro atoms.